The number of ether oxygens (including phenoxy) is 1. The highest BCUT2D eigenvalue weighted by atomic mass is 79.9. The third-order valence-electron chi connectivity index (χ3n) is 1.76. The van der Waals surface area contributed by atoms with Gasteiger partial charge in [-0.1, -0.05) is 0 Å². The topological polar surface area (TPSA) is 26.3 Å². The number of benzene rings is 1. The Kier molecular flexibility index (Phi) is 3.85. The van der Waals surface area contributed by atoms with Crippen LogP contribution in [0, 0.1) is 5.82 Å². The lowest BCUT2D eigenvalue weighted by molar-refractivity contribution is 0.101. The van der Waals surface area contributed by atoms with Crippen LogP contribution in [0.3, 0.4) is 0 Å². The molecule has 0 saturated carbocycles. The number of ketones is 1. The molecule has 0 aliphatic carbocycles. The molecule has 82 valence electrons. The Hall–Kier alpha value is -0.900. The van der Waals surface area contributed by atoms with Crippen molar-refractivity contribution in [2.24, 2.45) is 0 Å². The van der Waals surface area contributed by atoms with Crippen molar-refractivity contribution >= 4 is 21.7 Å². The highest BCUT2D eigenvalue weighted by Gasteiger charge is 2.13. The summed E-state index contributed by atoms with van der Waals surface area (Å²) in [5, 5.41) is 0. The molecule has 2 nitrogen and oxygen atoms in total. The van der Waals surface area contributed by atoms with E-state index in [2.05, 4.69) is 15.9 Å². The highest BCUT2D eigenvalue weighted by Crippen LogP contribution is 2.27. The number of Topliss-reactive ketones (excluding diaryl/α,β-unsaturated/α-hetero) is 1. The van der Waals surface area contributed by atoms with E-state index >= 15 is 0 Å². The number of carbonyl (C=O) groups excluding carboxylic acids is 1. The molecule has 1 aromatic carbocycles. The van der Waals surface area contributed by atoms with Crippen molar-refractivity contribution in [3.05, 3.63) is 28.0 Å². The van der Waals surface area contributed by atoms with Crippen molar-refractivity contribution in [3.8, 4) is 5.75 Å². The summed E-state index contributed by atoms with van der Waals surface area (Å²) in [6.07, 6.45) is -0.0551. The van der Waals surface area contributed by atoms with Crippen LogP contribution >= 0.6 is 15.9 Å². The van der Waals surface area contributed by atoms with E-state index in [1.54, 1.807) is 0 Å². The first-order valence-electron chi connectivity index (χ1n) is 4.58. The second-order valence-electron chi connectivity index (χ2n) is 3.49. The van der Waals surface area contributed by atoms with Crippen LogP contribution in [0.1, 0.15) is 31.1 Å². The van der Waals surface area contributed by atoms with E-state index in [-0.39, 0.29) is 17.5 Å². The van der Waals surface area contributed by atoms with Crippen molar-refractivity contribution in [1.29, 1.82) is 0 Å². The first-order valence-corrected chi connectivity index (χ1v) is 5.37. The first-order chi connectivity index (χ1) is 6.91. The fourth-order valence-corrected chi connectivity index (χ4v) is 1.48. The van der Waals surface area contributed by atoms with Gasteiger partial charge in [-0.05, 0) is 48.8 Å². The zero-order chi connectivity index (χ0) is 11.6. The molecule has 0 spiro atoms. The summed E-state index contributed by atoms with van der Waals surface area (Å²) in [7, 11) is 0. The van der Waals surface area contributed by atoms with Crippen LogP contribution in [0.5, 0.6) is 5.75 Å². The lowest BCUT2D eigenvalue weighted by atomic mass is 10.1. The Morgan fingerprint density at radius 3 is 2.53 bits per heavy atom. The first kappa shape index (κ1) is 12.2. The van der Waals surface area contributed by atoms with Crippen molar-refractivity contribution in [1.82, 2.24) is 0 Å². The maximum Gasteiger partial charge on any atom is 0.163 e. The standard InChI is InChI=1S/C11H12BrFO2/c1-6(2)15-11-5-9(12)10(13)4-8(11)7(3)14/h4-6H,1-3H3. The summed E-state index contributed by atoms with van der Waals surface area (Å²) in [5.41, 5.74) is 0.268. The molecule has 0 amide bonds. The number of carbonyl (C=O) groups is 1. The number of hydrogen-bond acceptors (Lipinski definition) is 2. The molecule has 0 saturated heterocycles. The Morgan fingerprint density at radius 2 is 2.07 bits per heavy atom. The quantitative estimate of drug-likeness (QED) is 0.788. The van der Waals surface area contributed by atoms with Crippen LogP contribution in [-0.2, 0) is 0 Å². The van der Waals surface area contributed by atoms with E-state index in [1.807, 2.05) is 13.8 Å². The van der Waals surface area contributed by atoms with Crippen LogP contribution < -0.4 is 4.74 Å². The minimum atomic E-state index is -0.462. The fraction of sp³-hybridized carbons (Fsp3) is 0.364. The summed E-state index contributed by atoms with van der Waals surface area (Å²) in [6.45, 7) is 5.08. The molecule has 0 N–H and O–H groups in total. The molecule has 0 aliphatic heterocycles. The molecule has 0 fully saturated rings. The number of halogens is 2. The van der Waals surface area contributed by atoms with Crippen LogP contribution in [-0.4, -0.2) is 11.9 Å². The van der Waals surface area contributed by atoms with E-state index in [9.17, 15) is 9.18 Å². The Bertz CT molecular complexity index is 388. The van der Waals surface area contributed by atoms with Gasteiger partial charge in [0.15, 0.2) is 5.78 Å². The average molecular weight is 275 g/mol. The molecule has 0 heterocycles. The second kappa shape index (κ2) is 4.75. The van der Waals surface area contributed by atoms with Crippen LogP contribution in [0.15, 0.2) is 16.6 Å². The van der Waals surface area contributed by atoms with Gasteiger partial charge >= 0.3 is 0 Å². The van der Waals surface area contributed by atoms with Gasteiger partial charge in [-0.2, -0.15) is 0 Å². The highest BCUT2D eigenvalue weighted by molar-refractivity contribution is 9.10. The molecule has 0 bridgehead atoms. The monoisotopic (exact) mass is 274 g/mol. The van der Waals surface area contributed by atoms with Gasteiger partial charge in [-0.15, -0.1) is 0 Å². The van der Waals surface area contributed by atoms with Crippen LogP contribution in [0.2, 0.25) is 0 Å². The minimum Gasteiger partial charge on any atom is -0.490 e. The summed E-state index contributed by atoms with van der Waals surface area (Å²) >= 11 is 3.05. The molecule has 0 radical (unpaired) electrons. The SMILES string of the molecule is CC(=O)c1cc(F)c(Br)cc1OC(C)C. The van der Waals surface area contributed by atoms with Crippen molar-refractivity contribution in [3.63, 3.8) is 0 Å². The van der Waals surface area contributed by atoms with Crippen molar-refractivity contribution in [2.75, 3.05) is 0 Å². The number of rotatable bonds is 3. The molecule has 15 heavy (non-hydrogen) atoms. The molecule has 4 heteroatoms. The number of hydrogen-bond donors (Lipinski definition) is 0. The van der Waals surface area contributed by atoms with E-state index in [1.165, 1.54) is 19.1 Å². The van der Waals surface area contributed by atoms with E-state index in [0.29, 0.717) is 10.2 Å². The van der Waals surface area contributed by atoms with E-state index in [4.69, 9.17) is 4.74 Å². The zero-order valence-corrected chi connectivity index (χ0v) is 10.4. The van der Waals surface area contributed by atoms with Gasteiger partial charge in [0.25, 0.3) is 0 Å². The van der Waals surface area contributed by atoms with Gasteiger partial charge in [-0.3, -0.25) is 4.79 Å². The summed E-state index contributed by atoms with van der Waals surface area (Å²) in [5.74, 6) is -0.265. The zero-order valence-electron chi connectivity index (χ0n) is 8.80. The summed E-state index contributed by atoms with van der Waals surface area (Å²) < 4.78 is 18.9. The molecule has 1 aromatic rings. The van der Waals surface area contributed by atoms with Gasteiger partial charge in [0.1, 0.15) is 11.6 Å². The molecule has 0 unspecified atom stereocenters. The molecular weight excluding hydrogens is 263 g/mol. The molecule has 0 atom stereocenters. The summed E-state index contributed by atoms with van der Waals surface area (Å²) in [6, 6.07) is 2.66. The predicted molar refractivity (Wildman–Crippen MR) is 59.9 cm³/mol. The van der Waals surface area contributed by atoms with Gasteiger partial charge in [0.2, 0.25) is 0 Å². The predicted octanol–water partition coefficient (Wildman–Crippen LogP) is 3.58. The van der Waals surface area contributed by atoms with Crippen LogP contribution in [0.4, 0.5) is 4.39 Å². The fourth-order valence-electron chi connectivity index (χ4n) is 1.16. The van der Waals surface area contributed by atoms with E-state index in [0.717, 1.165) is 0 Å². The van der Waals surface area contributed by atoms with Gasteiger partial charge in [-0.25, -0.2) is 4.39 Å². The minimum absolute atomic E-state index is 0.0551. The van der Waals surface area contributed by atoms with E-state index < -0.39 is 5.82 Å². The lowest BCUT2D eigenvalue weighted by Crippen LogP contribution is -2.09. The maximum absolute atomic E-state index is 13.2. The van der Waals surface area contributed by atoms with Gasteiger partial charge in [0, 0.05) is 0 Å². The molecule has 0 aromatic heterocycles. The Balaban J connectivity index is 3.22. The third-order valence-corrected chi connectivity index (χ3v) is 2.37. The van der Waals surface area contributed by atoms with Crippen molar-refractivity contribution < 1.29 is 13.9 Å². The summed E-state index contributed by atoms with van der Waals surface area (Å²) in [4.78, 5) is 11.2. The Labute approximate surface area is 96.6 Å². The Morgan fingerprint density at radius 1 is 1.47 bits per heavy atom. The van der Waals surface area contributed by atoms with Gasteiger partial charge < -0.3 is 4.74 Å². The largest absolute Gasteiger partial charge is 0.490 e. The normalized spacial score (nSPS) is 10.5. The lowest BCUT2D eigenvalue weighted by Gasteiger charge is -2.13. The maximum atomic E-state index is 13.2. The van der Waals surface area contributed by atoms with Gasteiger partial charge in [0.05, 0.1) is 16.1 Å². The second-order valence-corrected chi connectivity index (χ2v) is 4.34. The molecular formula is C11H12BrFO2. The van der Waals surface area contributed by atoms with Crippen LogP contribution in [0.25, 0.3) is 0 Å². The molecule has 0 aliphatic rings. The molecule has 1 rings (SSSR count). The average Bonchev–Trinajstić information content (AvgIpc) is 2.09. The van der Waals surface area contributed by atoms with Crippen molar-refractivity contribution in [2.45, 2.75) is 26.9 Å². The smallest absolute Gasteiger partial charge is 0.163 e. The third kappa shape index (κ3) is 3.02.